The molecule has 0 aliphatic carbocycles. The number of fused-ring (bicyclic) bond motifs is 1. The van der Waals surface area contributed by atoms with E-state index in [1.807, 2.05) is 42.7 Å². The Morgan fingerprint density at radius 3 is 2.75 bits per heavy atom. The topological polar surface area (TPSA) is 53.6 Å². The maximum atomic E-state index is 4.58. The summed E-state index contributed by atoms with van der Waals surface area (Å²) in [5.74, 6) is 1.07. The molecule has 0 saturated heterocycles. The van der Waals surface area contributed by atoms with Crippen LogP contribution in [-0.2, 0) is 13.0 Å². The molecule has 2 N–H and O–H groups in total. The average Bonchev–Trinajstić information content (AvgIpc) is 2.90. The second-order valence-electron chi connectivity index (χ2n) is 4.84. The number of benzene rings is 1. The first-order valence-corrected chi connectivity index (χ1v) is 6.95. The van der Waals surface area contributed by atoms with Crippen molar-refractivity contribution >= 4 is 11.0 Å². The van der Waals surface area contributed by atoms with Crippen LogP contribution in [0.5, 0.6) is 0 Å². The normalized spacial score (nSPS) is 11.0. The van der Waals surface area contributed by atoms with E-state index >= 15 is 0 Å². The first kappa shape index (κ1) is 12.8. The fraction of sp³-hybridized carbons (Fsp3) is 0.250. The third kappa shape index (κ3) is 3.22. The summed E-state index contributed by atoms with van der Waals surface area (Å²) >= 11 is 0. The molecule has 0 amide bonds. The maximum absolute atomic E-state index is 4.58. The summed E-state index contributed by atoms with van der Waals surface area (Å²) in [6.45, 7) is 1.88. The lowest BCUT2D eigenvalue weighted by Crippen LogP contribution is -2.15. The smallest absolute Gasteiger partial charge is 0.107 e. The summed E-state index contributed by atoms with van der Waals surface area (Å²) in [6.07, 6.45) is 5.69. The summed E-state index contributed by atoms with van der Waals surface area (Å²) < 4.78 is 0. The Morgan fingerprint density at radius 2 is 1.90 bits per heavy atom. The Balaban J connectivity index is 1.43. The van der Waals surface area contributed by atoms with Crippen LogP contribution in [-0.4, -0.2) is 21.5 Å². The van der Waals surface area contributed by atoms with Crippen molar-refractivity contribution in [3.05, 3.63) is 60.2 Å². The number of para-hydroxylation sites is 2. The number of aryl methyl sites for hydroxylation is 1. The number of rotatable bonds is 6. The predicted molar refractivity (Wildman–Crippen MR) is 80.4 cm³/mol. The number of H-pyrrole nitrogens is 1. The van der Waals surface area contributed by atoms with Gasteiger partial charge in [-0.25, -0.2) is 4.98 Å². The molecule has 0 aliphatic rings. The predicted octanol–water partition coefficient (Wildman–Crippen LogP) is 2.68. The minimum Gasteiger partial charge on any atom is -0.342 e. The minimum absolute atomic E-state index is 0.892. The first-order chi connectivity index (χ1) is 9.92. The maximum Gasteiger partial charge on any atom is 0.107 e. The number of aromatic amines is 1. The zero-order chi connectivity index (χ0) is 13.6. The molecular weight excluding hydrogens is 248 g/mol. The highest BCUT2D eigenvalue weighted by Gasteiger charge is 2.01. The van der Waals surface area contributed by atoms with Crippen LogP contribution >= 0.6 is 0 Å². The van der Waals surface area contributed by atoms with Crippen molar-refractivity contribution in [2.24, 2.45) is 0 Å². The van der Waals surface area contributed by atoms with Crippen molar-refractivity contribution in [2.75, 3.05) is 6.54 Å². The van der Waals surface area contributed by atoms with Crippen molar-refractivity contribution in [1.29, 1.82) is 0 Å². The van der Waals surface area contributed by atoms with Crippen LogP contribution in [0.3, 0.4) is 0 Å². The third-order valence-corrected chi connectivity index (χ3v) is 3.28. The number of pyridine rings is 1. The van der Waals surface area contributed by atoms with Crippen LogP contribution in [0.2, 0.25) is 0 Å². The van der Waals surface area contributed by atoms with E-state index in [0.717, 1.165) is 42.8 Å². The van der Waals surface area contributed by atoms with E-state index in [2.05, 4.69) is 26.3 Å². The Kier molecular flexibility index (Phi) is 4.04. The van der Waals surface area contributed by atoms with Crippen LogP contribution in [0.4, 0.5) is 0 Å². The molecular formula is C16H18N4. The molecule has 3 rings (SSSR count). The Labute approximate surface area is 118 Å². The monoisotopic (exact) mass is 266 g/mol. The number of hydrogen-bond acceptors (Lipinski definition) is 3. The van der Waals surface area contributed by atoms with Gasteiger partial charge in [0.25, 0.3) is 0 Å². The van der Waals surface area contributed by atoms with Crippen molar-refractivity contribution in [2.45, 2.75) is 19.4 Å². The summed E-state index contributed by atoms with van der Waals surface area (Å²) in [5.41, 5.74) is 3.43. The molecule has 0 saturated carbocycles. The molecule has 102 valence electrons. The van der Waals surface area contributed by atoms with Gasteiger partial charge in [0, 0.05) is 25.4 Å². The van der Waals surface area contributed by atoms with Crippen LogP contribution in [0.15, 0.2) is 48.8 Å². The minimum atomic E-state index is 0.892. The molecule has 0 spiro atoms. The first-order valence-electron chi connectivity index (χ1n) is 6.95. The van der Waals surface area contributed by atoms with Gasteiger partial charge in [-0.15, -0.1) is 0 Å². The molecule has 20 heavy (non-hydrogen) atoms. The second-order valence-corrected chi connectivity index (χ2v) is 4.84. The molecule has 0 radical (unpaired) electrons. The molecule has 0 atom stereocenters. The fourth-order valence-electron chi connectivity index (χ4n) is 2.24. The van der Waals surface area contributed by atoms with E-state index in [0.29, 0.717) is 0 Å². The highest BCUT2D eigenvalue weighted by Crippen LogP contribution is 2.11. The van der Waals surface area contributed by atoms with Gasteiger partial charge in [-0.3, -0.25) is 4.98 Å². The SMILES string of the molecule is c1ccc2[nH]c(CCCNCc3ccncc3)nc2c1. The van der Waals surface area contributed by atoms with Gasteiger partial charge in [0.2, 0.25) is 0 Å². The lowest BCUT2D eigenvalue weighted by molar-refractivity contribution is 0.641. The zero-order valence-corrected chi connectivity index (χ0v) is 11.3. The van der Waals surface area contributed by atoms with Gasteiger partial charge in [0.15, 0.2) is 0 Å². The van der Waals surface area contributed by atoms with Gasteiger partial charge in [0.05, 0.1) is 11.0 Å². The van der Waals surface area contributed by atoms with Crippen LogP contribution in [0, 0.1) is 0 Å². The number of imidazole rings is 1. The molecule has 2 heterocycles. The van der Waals surface area contributed by atoms with Crippen molar-refractivity contribution in [3.8, 4) is 0 Å². The van der Waals surface area contributed by atoms with Crippen molar-refractivity contribution in [1.82, 2.24) is 20.3 Å². The molecule has 4 heteroatoms. The Hall–Kier alpha value is -2.20. The zero-order valence-electron chi connectivity index (χ0n) is 11.3. The molecule has 2 aromatic heterocycles. The Bertz CT molecular complexity index is 627. The molecule has 1 aromatic carbocycles. The summed E-state index contributed by atoms with van der Waals surface area (Å²) in [7, 11) is 0. The number of aromatic nitrogens is 3. The van der Waals surface area contributed by atoms with Gasteiger partial charge >= 0.3 is 0 Å². The van der Waals surface area contributed by atoms with Crippen LogP contribution < -0.4 is 5.32 Å². The van der Waals surface area contributed by atoms with Gasteiger partial charge in [-0.2, -0.15) is 0 Å². The average molecular weight is 266 g/mol. The largest absolute Gasteiger partial charge is 0.342 e. The van der Waals surface area contributed by atoms with Crippen molar-refractivity contribution in [3.63, 3.8) is 0 Å². The summed E-state index contributed by atoms with van der Waals surface area (Å²) in [5, 5.41) is 3.44. The van der Waals surface area contributed by atoms with Crippen LogP contribution in [0.1, 0.15) is 17.8 Å². The number of nitrogens with one attached hydrogen (secondary N) is 2. The molecule has 0 unspecified atom stereocenters. The quantitative estimate of drug-likeness (QED) is 0.674. The van der Waals surface area contributed by atoms with Gasteiger partial charge in [-0.1, -0.05) is 12.1 Å². The molecule has 0 aliphatic heterocycles. The molecule has 3 aromatic rings. The van der Waals surface area contributed by atoms with Crippen LogP contribution in [0.25, 0.3) is 11.0 Å². The van der Waals surface area contributed by atoms with E-state index in [4.69, 9.17) is 0 Å². The second kappa shape index (κ2) is 6.30. The Morgan fingerprint density at radius 1 is 1.05 bits per heavy atom. The lowest BCUT2D eigenvalue weighted by Gasteiger charge is -2.03. The van der Waals surface area contributed by atoms with E-state index < -0.39 is 0 Å². The van der Waals surface area contributed by atoms with Gasteiger partial charge in [0.1, 0.15) is 5.82 Å². The van der Waals surface area contributed by atoms with E-state index in [-0.39, 0.29) is 0 Å². The number of nitrogens with zero attached hydrogens (tertiary/aromatic N) is 2. The number of hydrogen-bond donors (Lipinski definition) is 2. The van der Waals surface area contributed by atoms with Gasteiger partial charge in [-0.05, 0) is 42.8 Å². The molecule has 0 bridgehead atoms. The van der Waals surface area contributed by atoms with Gasteiger partial charge < -0.3 is 10.3 Å². The molecule has 4 nitrogen and oxygen atoms in total. The van der Waals surface area contributed by atoms with Crippen molar-refractivity contribution < 1.29 is 0 Å². The highest BCUT2D eigenvalue weighted by atomic mass is 14.9. The van der Waals surface area contributed by atoms with E-state index in [1.54, 1.807) is 0 Å². The fourth-order valence-corrected chi connectivity index (χ4v) is 2.24. The summed E-state index contributed by atoms with van der Waals surface area (Å²) in [4.78, 5) is 11.9. The standard InChI is InChI=1S/C16H18N4/c1-2-5-15-14(4-1)19-16(20-15)6-3-9-18-12-13-7-10-17-11-8-13/h1-2,4-5,7-8,10-11,18H,3,6,9,12H2,(H,19,20). The molecule has 0 fully saturated rings. The third-order valence-electron chi connectivity index (χ3n) is 3.28. The lowest BCUT2D eigenvalue weighted by atomic mass is 10.2. The van der Waals surface area contributed by atoms with E-state index in [9.17, 15) is 0 Å². The van der Waals surface area contributed by atoms with E-state index in [1.165, 1.54) is 5.56 Å². The summed E-state index contributed by atoms with van der Waals surface area (Å²) in [6, 6.07) is 12.2. The highest BCUT2D eigenvalue weighted by molar-refractivity contribution is 5.74.